The van der Waals surface area contributed by atoms with E-state index < -0.39 is 6.17 Å². The Kier molecular flexibility index (Phi) is 7.98. The van der Waals surface area contributed by atoms with E-state index in [2.05, 4.69) is 91.1 Å². The van der Waals surface area contributed by atoms with Crippen molar-refractivity contribution in [2.45, 2.75) is 13.1 Å². The molecule has 0 saturated heterocycles. The summed E-state index contributed by atoms with van der Waals surface area (Å²) in [5.41, 5.74) is 9.16. The van der Waals surface area contributed by atoms with E-state index in [-0.39, 0.29) is 19.5 Å². The minimum absolute atomic E-state index is 0. The Hall–Kier alpha value is -6.35. The topological polar surface area (TPSA) is 102 Å². The number of nitrogens with zero attached hydrogens (tertiary/aromatic N) is 7. The minimum Gasteiger partial charge on any atom is -0.440 e. The zero-order chi connectivity index (χ0) is 35.8. The number of benzene rings is 5. The molecule has 8 bridgehead atoms. The summed E-state index contributed by atoms with van der Waals surface area (Å²) < 4.78 is 0. The fourth-order valence-electron chi connectivity index (χ4n) is 7.32. The van der Waals surface area contributed by atoms with Gasteiger partial charge in [0, 0.05) is 43.6 Å². The first kappa shape index (κ1) is 33.2. The average molecular weight is 778 g/mol. The molecule has 1 atom stereocenters. The molecule has 0 fully saturated rings. The van der Waals surface area contributed by atoms with Crippen LogP contribution in [0.15, 0.2) is 152 Å². The Morgan fingerprint density at radius 2 is 1.27 bits per heavy atom. The first-order valence-electron chi connectivity index (χ1n) is 17.8. The molecule has 4 aliphatic heterocycles. The molecule has 0 saturated carbocycles. The van der Waals surface area contributed by atoms with Gasteiger partial charge in [0.25, 0.3) is 0 Å². The third-order valence-corrected chi connectivity index (χ3v) is 11.2. The molecule has 0 radical (unpaired) electrons. The van der Waals surface area contributed by atoms with Gasteiger partial charge in [-0.25, -0.2) is 9.98 Å². The molecule has 1 N–H and O–H groups in total. The van der Waals surface area contributed by atoms with Crippen LogP contribution in [-0.2, 0) is 19.5 Å². The summed E-state index contributed by atoms with van der Waals surface area (Å²) in [6, 6.07) is 43.6. The largest absolute Gasteiger partial charge is 2.00 e. The van der Waals surface area contributed by atoms with Gasteiger partial charge in [-0.1, -0.05) is 121 Å². The van der Waals surface area contributed by atoms with Crippen LogP contribution in [0, 0.1) is 6.92 Å². The average Bonchev–Trinajstić information content (AvgIpc) is 4.03. The first-order valence-corrected chi connectivity index (χ1v) is 18.6. The molecule has 55 heavy (non-hydrogen) atoms. The second kappa shape index (κ2) is 13.2. The molecule has 6 heterocycles. The summed E-state index contributed by atoms with van der Waals surface area (Å²) in [5, 5.41) is 10.6. The number of aryl methyl sites for hydroxylation is 1. The molecule has 0 aliphatic carbocycles. The molecule has 1 unspecified atom stereocenters. The number of fused-ring (bicyclic) bond motifs is 18. The Balaban J connectivity index is 0.00000372. The quantitative estimate of drug-likeness (QED) is 0.181. The number of aliphatic imine (C=N–C) groups is 5. The predicted octanol–water partition coefficient (Wildman–Crippen LogP) is 10.1. The SMILES string of the molecule is Cc1ccc(/C=C/c2ccc(-c3ccc4c(c3)/C3=N/c5[n-]c(c6ccccc56)/N=C5\N=C(N=C6[N-]C(NC4=N3)c3ccccc36)c3ccccc35)s2)cc1.[Zn+2]. The second-order valence-corrected chi connectivity index (χ2v) is 14.6. The van der Waals surface area contributed by atoms with E-state index in [1.165, 1.54) is 16.0 Å². The van der Waals surface area contributed by atoms with Crippen LogP contribution in [0.25, 0.3) is 38.7 Å². The number of thiophene rings is 1. The van der Waals surface area contributed by atoms with Crippen LogP contribution in [0.3, 0.4) is 0 Å². The van der Waals surface area contributed by atoms with Crippen LogP contribution >= 0.6 is 11.3 Å². The van der Waals surface area contributed by atoms with E-state index in [0.29, 0.717) is 40.8 Å². The third kappa shape index (κ3) is 5.73. The van der Waals surface area contributed by atoms with Gasteiger partial charge in [0.1, 0.15) is 5.84 Å². The molecule has 11 rings (SSSR count). The molecule has 256 valence electrons. The van der Waals surface area contributed by atoms with Crippen molar-refractivity contribution in [3.8, 4) is 10.4 Å². The maximum atomic E-state index is 5.18. The van der Waals surface area contributed by atoms with E-state index in [4.69, 9.17) is 35.3 Å². The summed E-state index contributed by atoms with van der Waals surface area (Å²) in [6.45, 7) is 2.10. The molecule has 2 aromatic heterocycles. The molecule has 10 heteroatoms. The number of hydrogen-bond acceptors (Lipinski definition) is 7. The van der Waals surface area contributed by atoms with E-state index >= 15 is 0 Å². The zero-order valence-corrected chi connectivity index (χ0v) is 33.4. The van der Waals surface area contributed by atoms with Gasteiger partial charge >= 0.3 is 19.5 Å². The van der Waals surface area contributed by atoms with Crippen LogP contribution in [-0.4, -0.2) is 29.2 Å². The first-order chi connectivity index (χ1) is 26.6. The van der Waals surface area contributed by atoms with Gasteiger partial charge in [-0.05, 0) is 70.3 Å². The van der Waals surface area contributed by atoms with Crippen molar-refractivity contribution < 1.29 is 19.5 Å². The van der Waals surface area contributed by atoms with Crippen LogP contribution in [0.4, 0.5) is 11.6 Å². The van der Waals surface area contributed by atoms with Crippen molar-refractivity contribution in [2.75, 3.05) is 0 Å². The van der Waals surface area contributed by atoms with Gasteiger partial charge in [0.15, 0.2) is 0 Å². The monoisotopic (exact) mass is 776 g/mol. The number of aromatic nitrogens is 1. The minimum atomic E-state index is -0.409. The molecule has 5 aromatic carbocycles. The number of hydrogen-bond donors (Lipinski definition) is 1. The normalized spacial score (nSPS) is 18.1. The van der Waals surface area contributed by atoms with Crippen molar-refractivity contribution in [2.24, 2.45) is 25.0 Å². The van der Waals surface area contributed by atoms with Crippen molar-refractivity contribution >= 4 is 75.1 Å². The van der Waals surface area contributed by atoms with Crippen LogP contribution in [0.2, 0.25) is 0 Å². The number of rotatable bonds is 3. The fraction of sp³-hybridized carbons (Fsp3) is 0.0444. The summed E-state index contributed by atoms with van der Waals surface area (Å²) in [7, 11) is 0. The molecule has 0 spiro atoms. The van der Waals surface area contributed by atoms with Gasteiger partial charge in [-0.15, -0.1) is 11.3 Å². The molecular weight excluding hydrogens is 750 g/mol. The summed E-state index contributed by atoms with van der Waals surface area (Å²) in [6.07, 6.45) is 3.92. The third-order valence-electron chi connectivity index (χ3n) is 10.1. The van der Waals surface area contributed by atoms with E-state index in [1.807, 2.05) is 60.7 Å². The van der Waals surface area contributed by atoms with Crippen molar-refractivity contribution in [1.82, 2.24) is 10.3 Å². The van der Waals surface area contributed by atoms with Crippen molar-refractivity contribution in [3.05, 3.63) is 182 Å². The molecule has 7 aromatic rings. The molecule has 4 aliphatic rings. The van der Waals surface area contributed by atoms with Crippen molar-refractivity contribution in [3.63, 3.8) is 0 Å². The Morgan fingerprint density at radius 3 is 2.04 bits per heavy atom. The standard InChI is InChI=1S/C45H28N8S.Zn/c1-25-14-16-26(17-15-25)18-20-28-21-23-37(54-28)27-19-22-35-36(24-27)45-52-43-34-13-7-6-12-33(34)41(50-43)48-39-30-9-3-2-8-29(30)38(46-39)47-40-31-10-4-5-11-32(31)42(49-40)51-44(35)53-45;/h2-24,42H,1H3,(H-,46,47,48,49,51,52,53);/q-2;+2/b20-18+;. The zero-order valence-electron chi connectivity index (χ0n) is 29.6. The van der Waals surface area contributed by atoms with E-state index in [9.17, 15) is 0 Å². The van der Waals surface area contributed by atoms with Crippen molar-refractivity contribution in [1.29, 1.82) is 0 Å². The Labute approximate surface area is 333 Å². The van der Waals surface area contributed by atoms with Gasteiger partial charge < -0.3 is 30.6 Å². The van der Waals surface area contributed by atoms with Crippen LogP contribution in [0.5, 0.6) is 0 Å². The number of amidine groups is 5. The van der Waals surface area contributed by atoms with Crippen LogP contribution < -0.4 is 10.3 Å². The van der Waals surface area contributed by atoms with Crippen LogP contribution in [0.1, 0.15) is 55.6 Å². The Morgan fingerprint density at radius 1 is 0.600 bits per heavy atom. The summed E-state index contributed by atoms with van der Waals surface area (Å²) in [4.78, 5) is 32.8. The van der Waals surface area contributed by atoms with Gasteiger partial charge in [0.2, 0.25) is 0 Å². The predicted molar refractivity (Wildman–Crippen MR) is 221 cm³/mol. The van der Waals surface area contributed by atoms with Gasteiger partial charge in [0.05, 0.1) is 23.7 Å². The van der Waals surface area contributed by atoms with E-state index in [0.717, 1.165) is 54.6 Å². The van der Waals surface area contributed by atoms with Gasteiger partial charge in [-0.3, -0.25) is 0 Å². The Bertz CT molecular complexity index is 2910. The smallest absolute Gasteiger partial charge is 0.440 e. The van der Waals surface area contributed by atoms with E-state index in [1.54, 1.807) is 11.3 Å². The second-order valence-electron chi connectivity index (χ2n) is 13.5. The van der Waals surface area contributed by atoms with Gasteiger partial charge in [-0.2, -0.15) is 0 Å². The molecule has 0 amide bonds. The summed E-state index contributed by atoms with van der Waals surface area (Å²) >= 11 is 1.75. The molecule has 8 nitrogen and oxygen atoms in total. The maximum absolute atomic E-state index is 5.18. The molecular formula is C45H28N8SZn. The fourth-order valence-corrected chi connectivity index (χ4v) is 8.23. The number of nitrogens with one attached hydrogen (secondary N) is 1. The maximum Gasteiger partial charge on any atom is 2.00 e. The summed E-state index contributed by atoms with van der Waals surface area (Å²) in [5.74, 6) is 4.11.